The first-order chi connectivity index (χ1) is 14.1. The summed E-state index contributed by atoms with van der Waals surface area (Å²) in [5.74, 6) is -0.378. The normalized spacial score (nSPS) is 11.4. The van der Waals surface area contributed by atoms with Gasteiger partial charge in [0.25, 0.3) is 5.91 Å². The van der Waals surface area contributed by atoms with Crippen LogP contribution in [0.4, 0.5) is 19.0 Å². The van der Waals surface area contributed by atoms with Gasteiger partial charge in [-0.05, 0) is 51.8 Å². The van der Waals surface area contributed by atoms with Gasteiger partial charge >= 0.3 is 6.18 Å². The molecule has 0 saturated carbocycles. The number of carbonyl (C=O) groups excluding carboxylic acids is 1. The van der Waals surface area contributed by atoms with Crippen molar-refractivity contribution in [2.24, 2.45) is 0 Å². The Bertz CT molecular complexity index is 1070. The molecule has 1 heterocycles. The molecule has 0 aliphatic rings. The fourth-order valence-corrected chi connectivity index (χ4v) is 3.34. The largest absolute Gasteiger partial charge is 0.484 e. The second kappa shape index (κ2) is 9.28. The van der Waals surface area contributed by atoms with Crippen LogP contribution in [-0.2, 0) is 6.54 Å². The third kappa shape index (κ3) is 6.13. The van der Waals surface area contributed by atoms with Crippen LogP contribution in [0.3, 0.4) is 0 Å². The van der Waals surface area contributed by atoms with Crippen LogP contribution in [0, 0.1) is 0 Å². The summed E-state index contributed by atoms with van der Waals surface area (Å²) in [5.41, 5.74) is 0.903. The summed E-state index contributed by atoms with van der Waals surface area (Å²) in [6.45, 7) is -1.10. The lowest BCUT2D eigenvalue weighted by molar-refractivity contribution is -0.153. The minimum Gasteiger partial charge on any atom is -0.484 e. The number of aromatic nitrogens is 2. The Morgan fingerprint density at radius 2 is 1.97 bits per heavy atom. The van der Waals surface area contributed by atoms with Gasteiger partial charge in [-0.2, -0.15) is 18.3 Å². The number of benzene rings is 2. The highest BCUT2D eigenvalue weighted by molar-refractivity contribution is 9.10. The number of hydrogen-bond acceptors (Lipinski definition) is 3. The molecule has 0 radical (unpaired) electrons. The van der Waals surface area contributed by atoms with Gasteiger partial charge in [0.2, 0.25) is 0 Å². The smallest absolute Gasteiger partial charge is 0.422 e. The van der Waals surface area contributed by atoms with Crippen molar-refractivity contribution in [1.82, 2.24) is 9.78 Å². The van der Waals surface area contributed by atoms with Crippen molar-refractivity contribution in [3.8, 4) is 5.75 Å². The molecule has 3 rings (SSSR count). The highest BCUT2D eigenvalue weighted by atomic mass is 79.9. The lowest BCUT2D eigenvalue weighted by Crippen LogP contribution is -2.19. The Morgan fingerprint density at radius 3 is 2.67 bits per heavy atom. The minimum absolute atomic E-state index is 0.0676. The van der Waals surface area contributed by atoms with Crippen molar-refractivity contribution in [2.45, 2.75) is 12.7 Å². The number of nitrogens with zero attached hydrogens (tertiary/aromatic N) is 2. The number of carbonyl (C=O) groups is 1. The van der Waals surface area contributed by atoms with E-state index in [1.165, 1.54) is 24.3 Å². The molecule has 2 aromatic carbocycles. The zero-order chi connectivity index (χ0) is 21.9. The molecular formula is C19H13BrCl2F3N3O2. The van der Waals surface area contributed by atoms with Crippen LogP contribution in [-0.4, -0.2) is 28.5 Å². The Hall–Kier alpha value is -2.23. The maximum atomic E-state index is 12.5. The summed E-state index contributed by atoms with van der Waals surface area (Å²) in [4.78, 5) is 12.5. The van der Waals surface area contributed by atoms with Crippen molar-refractivity contribution in [2.75, 3.05) is 11.9 Å². The van der Waals surface area contributed by atoms with E-state index in [1.807, 2.05) is 0 Å². The Morgan fingerprint density at radius 1 is 1.20 bits per heavy atom. The molecule has 0 fully saturated rings. The average Bonchev–Trinajstić information content (AvgIpc) is 3.01. The van der Waals surface area contributed by atoms with E-state index < -0.39 is 18.7 Å². The van der Waals surface area contributed by atoms with Crippen molar-refractivity contribution in [3.63, 3.8) is 0 Å². The molecule has 0 saturated heterocycles. The van der Waals surface area contributed by atoms with Crippen molar-refractivity contribution in [1.29, 1.82) is 0 Å². The highest BCUT2D eigenvalue weighted by Crippen LogP contribution is 2.25. The van der Waals surface area contributed by atoms with Crippen LogP contribution in [0.15, 0.2) is 53.1 Å². The predicted octanol–water partition coefficient (Wildman–Crippen LogP) is 6.19. The lowest BCUT2D eigenvalue weighted by atomic mass is 10.2. The number of anilines is 1. The van der Waals surface area contributed by atoms with E-state index in [4.69, 9.17) is 23.2 Å². The van der Waals surface area contributed by atoms with E-state index in [0.717, 1.165) is 5.56 Å². The van der Waals surface area contributed by atoms with Crippen LogP contribution in [0.1, 0.15) is 15.9 Å². The van der Waals surface area contributed by atoms with E-state index in [9.17, 15) is 18.0 Å². The van der Waals surface area contributed by atoms with Gasteiger partial charge in [-0.15, -0.1) is 0 Å². The Kier molecular flexibility index (Phi) is 6.95. The third-order valence-electron chi connectivity index (χ3n) is 3.80. The number of amides is 1. The van der Waals surface area contributed by atoms with Gasteiger partial charge in [-0.3, -0.25) is 9.48 Å². The van der Waals surface area contributed by atoms with Gasteiger partial charge in [0, 0.05) is 21.8 Å². The first kappa shape index (κ1) is 22.5. The summed E-state index contributed by atoms with van der Waals surface area (Å²) in [6.07, 6.45) is -2.81. The van der Waals surface area contributed by atoms with Gasteiger partial charge < -0.3 is 10.1 Å². The van der Waals surface area contributed by atoms with Crippen LogP contribution < -0.4 is 10.1 Å². The average molecular weight is 523 g/mol. The molecule has 0 spiro atoms. The summed E-state index contributed by atoms with van der Waals surface area (Å²) >= 11 is 15.4. The number of ether oxygens (including phenoxy) is 1. The molecule has 0 aliphatic carbocycles. The van der Waals surface area contributed by atoms with Crippen molar-refractivity contribution >= 4 is 50.9 Å². The third-order valence-corrected chi connectivity index (χ3v) is 4.96. The first-order valence-corrected chi connectivity index (χ1v) is 9.93. The van der Waals surface area contributed by atoms with Gasteiger partial charge in [0.05, 0.1) is 11.0 Å². The molecule has 3 aromatic rings. The molecule has 0 unspecified atom stereocenters. The molecule has 158 valence electrons. The monoisotopic (exact) mass is 521 g/mol. The van der Waals surface area contributed by atoms with Crippen LogP contribution in [0.5, 0.6) is 5.75 Å². The lowest BCUT2D eigenvalue weighted by Gasteiger charge is -2.10. The number of hydrogen-bond donors (Lipinski definition) is 1. The Labute approximate surface area is 187 Å². The molecule has 30 heavy (non-hydrogen) atoms. The molecule has 5 nitrogen and oxygen atoms in total. The fraction of sp³-hybridized carbons (Fsp3) is 0.158. The van der Waals surface area contributed by atoms with E-state index in [-0.39, 0.29) is 17.1 Å². The van der Waals surface area contributed by atoms with Crippen LogP contribution in [0.25, 0.3) is 0 Å². The van der Waals surface area contributed by atoms with Crippen LogP contribution in [0.2, 0.25) is 10.0 Å². The molecule has 1 amide bonds. The van der Waals surface area contributed by atoms with Crippen molar-refractivity contribution in [3.05, 3.63) is 74.3 Å². The topological polar surface area (TPSA) is 56.2 Å². The molecule has 0 aliphatic heterocycles. The van der Waals surface area contributed by atoms with Gasteiger partial charge in [0.15, 0.2) is 12.4 Å². The van der Waals surface area contributed by atoms with E-state index in [0.29, 0.717) is 21.1 Å². The maximum absolute atomic E-state index is 12.5. The molecular weight excluding hydrogens is 510 g/mol. The summed E-state index contributed by atoms with van der Waals surface area (Å²) in [7, 11) is 0. The molecule has 0 atom stereocenters. The molecule has 1 N–H and O–H groups in total. The summed E-state index contributed by atoms with van der Waals surface area (Å²) < 4.78 is 43.7. The minimum atomic E-state index is -4.47. The number of halogens is 6. The first-order valence-electron chi connectivity index (χ1n) is 8.38. The summed E-state index contributed by atoms with van der Waals surface area (Å²) in [5, 5.41) is 7.89. The van der Waals surface area contributed by atoms with Gasteiger partial charge in [0.1, 0.15) is 5.75 Å². The SMILES string of the molecule is O=C(Nc1nn(Cc2ccc(Cl)cc2Cl)cc1Br)c1cccc(OCC(F)(F)F)c1. The highest BCUT2D eigenvalue weighted by Gasteiger charge is 2.28. The van der Waals surface area contributed by atoms with Gasteiger partial charge in [-0.1, -0.05) is 35.3 Å². The van der Waals surface area contributed by atoms with Gasteiger partial charge in [-0.25, -0.2) is 0 Å². The standard InChI is InChI=1S/C19H13BrCl2F3N3O2/c20-15-9-28(8-12-4-5-13(21)7-16(12)22)27-17(15)26-18(29)11-2-1-3-14(6-11)30-10-19(23,24)25/h1-7,9H,8,10H2,(H,26,27,29). The van der Waals surface area contributed by atoms with Crippen LogP contribution >= 0.6 is 39.1 Å². The zero-order valence-corrected chi connectivity index (χ0v) is 18.1. The number of nitrogens with one attached hydrogen (secondary N) is 1. The van der Waals surface area contributed by atoms with E-state index >= 15 is 0 Å². The second-order valence-corrected chi connectivity index (χ2v) is 7.84. The van der Waals surface area contributed by atoms with E-state index in [1.54, 1.807) is 29.1 Å². The van der Waals surface area contributed by atoms with Crippen molar-refractivity contribution < 1.29 is 22.7 Å². The Balaban J connectivity index is 1.70. The quantitative estimate of drug-likeness (QED) is 0.419. The molecule has 0 bridgehead atoms. The van der Waals surface area contributed by atoms with E-state index in [2.05, 4.69) is 31.1 Å². The zero-order valence-electron chi connectivity index (χ0n) is 15.0. The maximum Gasteiger partial charge on any atom is 0.422 e. The number of alkyl halides is 3. The molecule has 1 aromatic heterocycles. The predicted molar refractivity (Wildman–Crippen MR) is 111 cm³/mol. The molecule has 11 heteroatoms. The number of rotatable bonds is 6. The second-order valence-electron chi connectivity index (χ2n) is 6.14. The summed E-state index contributed by atoms with van der Waals surface area (Å²) in [6, 6.07) is 10.5. The fourth-order valence-electron chi connectivity index (χ4n) is 2.46.